The number of nitrogens with zero attached hydrogens (tertiary/aromatic N) is 3. The van der Waals surface area contributed by atoms with E-state index in [2.05, 4.69) is 34.7 Å². The summed E-state index contributed by atoms with van der Waals surface area (Å²) >= 11 is 19.4. The smallest absolute Gasteiger partial charge is 0.253 e. The first kappa shape index (κ1) is 26.3. The maximum absolute atomic E-state index is 12.9. The maximum atomic E-state index is 12.9. The Kier molecular flexibility index (Phi) is 9.24. The predicted molar refractivity (Wildman–Crippen MR) is 138 cm³/mol. The lowest BCUT2D eigenvalue weighted by molar-refractivity contribution is -0.113. The molecule has 7 nitrogen and oxygen atoms in total. The van der Waals surface area contributed by atoms with E-state index in [1.54, 1.807) is 54.1 Å². The van der Waals surface area contributed by atoms with Crippen LogP contribution in [0.1, 0.15) is 42.5 Å². The summed E-state index contributed by atoms with van der Waals surface area (Å²) in [6.07, 6.45) is 0.655. The normalized spacial score (nSPS) is 12.0. The number of aromatic nitrogens is 3. The first-order valence-corrected chi connectivity index (χ1v) is 12.6. The van der Waals surface area contributed by atoms with E-state index >= 15 is 0 Å². The minimum atomic E-state index is -0.377. The number of carbonyl (C=O) groups is 2. The lowest BCUT2D eigenvalue weighted by Gasteiger charge is -2.20. The number of rotatable bonds is 9. The van der Waals surface area contributed by atoms with Gasteiger partial charge in [-0.05, 0) is 42.7 Å². The van der Waals surface area contributed by atoms with E-state index in [0.717, 1.165) is 0 Å². The third-order valence-electron chi connectivity index (χ3n) is 4.85. The lowest BCUT2D eigenvalue weighted by atomic mass is 10.0. The van der Waals surface area contributed by atoms with E-state index in [1.165, 1.54) is 11.8 Å². The average Bonchev–Trinajstić information content (AvgIpc) is 3.14. The fourth-order valence-electron chi connectivity index (χ4n) is 3.24. The zero-order chi connectivity index (χ0) is 24.8. The van der Waals surface area contributed by atoms with Crippen molar-refractivity contribution in [2.45, 2.75) is 31.5 Å². The SMILES string of the molecule is CC(C)C[C@@H](NC(=O)c1ccccc1Cl)c1nnc(SCC(=O)Nc2ccc(Cl)cc2Cl)n1C. The van der Waals surface area contributed by atoms with Crippen LogP contribution in [-0.2, 0) is 11.8 Å². The molecule has 0 aliphatic carbocycles. The molecule has 0 aliphatic heterocycles. The van der Waals surface area contributed by atoms with Gasteiger partial charge in [0.25, 0.3) is 5.91 Å². The van der Waals surface area contributed by atoms with Crippen molar-refractivity contribution >= 4 is 64.1 Å². The molecular formula is C23H24Cl3N5O2S. The Bertz CT molecular complexity index is 1190. The molecule has 0 bridgehead atoms. The molecule has 0 fully saturated rings. The number of carbonyl (C=O) groups excluding carboxylic acids is 2. The highest BCUT2D eigenvalue weighted by molar-refractivity contribution is 7.99. The second kappa shape index (κ2) is 11.9. The predicted octanol–water partition coefficient (Wildman–Crippen LogP) is 6.02. The monoisotopic (exact) mass is 539 g/mol. The molecule has 3 aromatic rings. The summed E-state index contributed by atoms with van der Waals surface area (Å²) in [6.45, 7) is 4.12. The maximum Gasteiger partial charge on any atom is 0.253 e. The molecule has 3 rings (SSSR count). The lowest BCUT2D eigenvalue weighted by Crippen LogP contribution is -2.31. The van der Waals surface area contributed by atoms with Crippen LogP contribution in [0.2, 0.25) is 15.1 Å². The van der Waals surface area contributed by atoms with Gasteiger partial charge in [0, 0.05) is 12.1 Å². The Labute approximate surface area is 217 Å². The van der Waals surface area contributed by atoms with Crippen LogP contribution in [0.5, 0.6) is 0 Å². The van der Waals surface area contributed by atoms with E-state index in [4.69, 9.17) is 34.8 Å². The fraction of sp³-hybridized carbons (Fsp3) is 0.304. The van der Waals surface area contributed by atoms with Crippen LogP contribution in [0.3, 0.4) is 0 Å². The quantitative estimate of drug-likeness (QED) is 0.324. The summed E-state index contributed by atoms with van der Waals surface area (Å²) in [6, 6.07) is 11.4. The van der Waals surface area contributed by atoms with Crippen molar-refractivity contribution in [1.29, 1.82) is 0 Å². The number of amides is 2. The second-order valence-electron chi connectivity index (χ2n) is 8.00. The summed E-state index contributed by atoms with van der Waals surface area (Å²) < 4.78 is 1.78. The van der Waals surface area contributed by atoms with E-state index in [0.29, 0.717) is 49.6 Å². The van der Waals surface area contributed by atoms with Gasteiger partial charge in [0.2, 0.25) is 5.91 Å². The van der Waals surface area contributed by atoms with E-state index in [1.807, 2.05) is 0 Å². The number of nitrogens with one attached hydrogen (secondary N) is 2. The standard InChI is InChI=1S/C23H24Cl3N5O2S/c1-13(2)10-19(28-22(33)15-6-4-5-7-16(15)25)21-29-30-23(31(21)3)34-12-20(32)27-18-9-8-14(24)11-17(18)26/h4-9,11,13,19H,10,12H2,1-3H3,(H,27,32)(H,28,33)/t19-/m1/s1. The number of thioether (sulfide) groups is 1. The van der Waals surface area contributed by atoms with Crippen LogP contribution in [0.25, 0.3) is 0 Å². The molecule has 0 aliphatic rings. The molecule has 2 amide bonds. The van der Waals surface area contributed by atoms with Crippen molar-refractivity contribution in [3.63, 3.8) is 0 Å². The van der Waals surface area contributed by atoms with Crippen molar-refractivity contribution in [2.24, 2.45) is 13.0 Å². The van der Waals surface area contributed by atoms with Gasteiger partial charge in [0.1, 0.15) is 0 Å². The van der Waals surface area contributed by atoms with Gasteiger partial charge in [0.05, 0.1) is 33.1 Å². The molecule has 0 saturated carbocycles. The van der Waals surface area contributed by atoms with Crippen LogP contribution in [-0.4, -0.2) is 32.3 Å². The molecule has 0 saturated heterocycles. The van der Waals surface area contributed by atoms with Crippen molar-refractivity contribution in [3.05, 3.63) is 68.9 Å². The van der Waals surface area contributed by atoms with Gasteiger partial charge < -0.3 is 15.2 Å². The molecule has 1 heterocycles. The van der Waals surface area contributed by atoms with E-state index in [9.17, 15) is 9.59 Å². The average molecular weight is 541 g/mol. The summed E-state index contributed by atoms with van der Waals surface area (Å²) in [7, 11) is 1.81. The van der Waals surface area contributed by atoms with Crippen molar-refractivity contribution in [3.8, 4) is 0 Å². The fourth-order valence-corrected chi connectivity index (χ4v) is 4.64. The van der Waals surface area contributed by atoms with Gasteiger partial charge in [0.15, 0.2) is 11.0 Å². The Morgan fingerprint density at radius 1 is 1.06 bits per heavy atom. The molecule has 2 aromatic carbocycles. The zero-order valence-corrected chi connectivity index (χ0v) is 21.9. The van der Waals surface area contributed by atoms with E-state index in [-0.39, 0.29) is 23.6 Å². The van der Waals surface area contributed by atoms with E-state index < -0.39 is 0 Å². The van der Waals surface area contributed by atoms with Gasteiger partial charge in [-0.3, -0.25) is 9.59 Å². The number of anilines is 1. The second-order valence-corrected chi connectivity index (χ2v) is 10.2. The number of halogens is 3. The van der Waals surface area contributed by atoms with Crippen molar-refractivity contribution in [1.82, 2.24) is 20.1 Å². The van der Waals surface area contributed by atoms with Crippen LogP contribution in [0, 0.1) is 5.92 Å². The molecule has 34 heavy (non-hydrogen) atoms. The minimum Gasteiger partial charge on any atom is -0.342 e. The highest BCUT2D eigenvalue weighted by Crippen LogP contribution is 2.27. The molecule has 0 radical (unpaired) electrons. The van der Waals surface area contributed by atoms with Crippen LogP contribution < -0.4 is 10.6 Å². The minimum absolute atomic E-state index is 0.103. The summed E-state index contributed by atoms with van der Waals surface area (Å²) in [5.74, 6) is 0.459. The molecule has 1 atom stereocenters. The molecule has 0 unspecified atom stereocenters. The third-order valence-corrected chi connectivity index (χ3v) is 6.75. The molecule has 1 aromatic heterocycles. The van der Waals surface area contributed by atoms with Gasteiger partial charge >= 0.3 is 0 Å². The third kappa shape index (κ3) is 6.88. The zero-order valence-electron chi connectivity index (χ0n) is 18.8. The first-order valence-electron chi connectivity index (χ1n) is 10.5. The van der Waals surface area contributed by atoms with Crippen molar-refractivity contribution < 1.29 is 9.59 Å². The first-order chi connectivity index (χ1) is 16.2. The molecule has 2 N–H and O–H groups in total. The Morgan fingerprint density at radius 3 is 2.47 bits per heavy atom. The molecule has 11 heteroatoms. The van der Waals surface area contributed by atoms with Gasteiger partial charge in [-0.15, -0.1) is 10.2 Å². The number of hydrogen-bond acceptors (Lipinski definition) is 5. The molecular weight excluding hydrogens is 517 g/mol. The summed E-state index contributed by atoms with van der Waals surface area (Å²) in [5.41, 5.74) is 0.877. The Balaban J connectivity index is 1.69. The summed E-state index contributed by atoms with van der Waals surface area (Å²) in [4.78, 5) is 25.3. The van der Waals surface area contributed by atoms with Crippen molar-refractivity contribution in [2.75, 3.05) is 11.1 Å². The Morgan fingerprint density at radius 2 is 1.79 bits per heavy atom. The highest BCUT2D eigenvalue weighted by Gasteiger charge is 2.24. The van der Waals surface area contributed by atoms with Gasteiger partial charge in [-0.1, -0.05) is 72.5 Å². The topological polar surface area (TPSA) is 88.9 Å². The van der Waals surface area contributed by atoms with Gasteiger partial charge in [-0.2, -0.15) is 0 Å². The highest BCUT2D eigenvalue weighted by atomic mass is 35.5. The van der Waals surface area contributed by atoms with Gasteiger partial charge in [-0.25, -0.2) is 0 Å². The molecule has 0 spiro atoms. The summed E-state index contributed by atoms with van der Waals surface area (Å²) in [5, 5.41) is 16.1. The van der Waals surface area contributed by atoms with Crippen LogP contribution in [0.4, 0.5) is 5.69 Å². The van der Waals surface area contributed by atoms with Crippen LogP contribution >= 0.6 is 46.6 Å². The number of hydrogen-bond donors (Lipinski definition) is 2. The largest absolute Gasteiger partial charge is 0.342 e. The Hall–Kier alpha value is -2.26. The van der Waals surface area contributed by atoms with Crippen LogP contribution in [0.15, 0.2) is 47.6 Å². The molecule has 180 valence electrons. The number of benzene rings is 2.